The first-order valence-corrected chi connectivity index (χ1v) is 6.73. The summed E-state index contributed by atoms with van der Waals surface area (Å²) < 4.78 is 21.2. The van der Waals surface area contributed by atoms with Gasteiger partial charge in [0.05, 0.1) is 4.90 Å². The maximum absolute atomic E-state index is 11.6. The first-order valence-electron chi connectivity index (χ1n) is 3.32. The Morgan fingerprint density at radius 2 is 1.57 bits per heavy atom. The third-order valence-electron chi connectivity index (χ3n) is 1.43. The van der Waals surface area contributed by atoms with Crippen LogP contribution < -0.4 is 0 Å². The summed E-state index contributed by atoms with van der Waals surface area (Å²) in [5, 5.41) is 0.438. The minimum Gasteiger partial charge on any atom is -0.220 e. The number of hydrogen-bond acceptors (Lipinski definition) is 2. The minimum atomic E-state index is -3.80. The van der Waals surface area contributed by atoms with Crippen molar-refractivity contribution in [3.63, 3.8) is 0 Å². The zero-order valence-electron chi connectivity index (χ0n) is 6.55. The number of hydrogen-bond donors (Lipinski definition) is 0. The highest BCUT2D eigenvalue weighted by molar-refractivity contribution is 9.12. The lowest BCUT2D eigenvalue weighted by Gasteiger charge is -2.12. The van der Waals surface area contributed by atoms with Crippen molar-refractivity contribution in [3.8, 4) is 0 Å². The standard InChI is InChI=1S/C7H4BrCl3O2S/c8-7(10,11)14(12,13)6-3-1-5(9)2-4-6/h1-4H. The maximum atomic E-state index is 11.6. The lowest BCUT2D eigenvalue weighted by atomic mass is 10.4. The van der Waals surface area contributed by atoms with E-state index in [1.807, 2.05) is 0 Å². The zero-order chi connectivity index (χ0) is 11.0. The molecule has 78 valence electrons. The summed E-state index contributed by atoms with van der Waals surface area (Å²) in [5.41, 5.74) is 0. The van der Waals surface area contributed by atoms with Crippen molar-refractivity contribution in [2.45, 2.75) is 7.47 Å². The first kappa shape index (κ1) is 12.6. The van der Waals surface area contributed by atoms with Crippen LogP contribution >= 0.6 is 50.7 Å². The highest BCUT2D eigenvalue weighted by Crippen LogP contribution is 2.39. The van der Waals surface area contributed by atoms with Crippen LogP contribution in [0.4, 0.5) is 0 Å². The SMILES string of the molecule is O=S(=O)(c1ccc(Cl)cc1)C(Cl)(Cl)Br. The molecule has 0 aliphatic heterocycles. The van der Waals surface area contributed by atoms with Gasteiger partial charge in [-0.2, -0.15) is 0 Å². The van der Waals surface area contributed by atoms with Crippen molar-refractivity contribution in [3.05, 3.63) is 29.3 Å². The topological polar surface area (TPSA) is 34.1 Å². The molecular formula is C7H4BrCl3O2S. The molecule has 0 amide bonds. The third-order valence-corrected chi connectivity index (χ3v) is 5.68. The first-order chi connectivity index (χ1) is 6.25. The average molecular weight is 338 g/mol. The van der Waals surface area contributed by atoms with Gasteiger partial charge in [-0.3, -0.25) is 0 Å². The second kappa shape index (κ2) is 4.18. The van der Waals surface area contributed by atoms with Gasteiger partial charge in [0.15, 0.2) is 0 Å². The predicted octanol–water partition coefficient (Wildman–Crippen LogP) is 3.60. The van der Waals surface area contributed by atoms with E-state index in [1.165, 1.54) is 24.3 Å². The van der Waals surface area contributed by atoms with Gasteiger partial charge in [-0.05, 0) is 40.2 Å². The molecule has 1 aromatic carbocycles. The van der Waals surface area contributed by atoms with E-state index in [0.717, 1.165) is 0 Å². The van der Waals surface area contributed by atoms with Gasteiger partial charge in [0.2, 0.25) is 9.84 Å². The van der Waals surface area contributed by atoms with Gasteiger partial charge >= 0.3 is 0 Å². The van der Waals surface area contributed by atoms with Crippen LogP contribution in [0.3, 0.4) is 0 Å². The van der Waals surface area contributed by atoms with E-state index < -0.39 is 12.4 Å². The lowest BCUT2D eigenvalue weighted by molar-refractivity contribution is 0.597. The molecule has 0 bridgehead atoms. The third kappa shape index (κ3) is 2.55. The molecule has 0 spiro atoms. The number of alkyl halides is 3. The Kier molecular flexibility index (Phi) is 3.76. The van der Waals surface area contributed by atoms with Gasteiger partial charge in [0.25, 0.3) is 2.57 Å². The van der Waals surface area contributed by atoms with Crippen LogP contribution in [0.1, 0.15) is 0 Å². The van der Waals surface area contributed by atoms with Crippen LogP contribution in [-0.2, 0) is 9.84 Å². The fourth-order valence-corrected chi connectivity index (χ4v) is 2.73. The summed E-state index contributed by atoms with van der Waals surface area (Å²) in [6, 6.07) is 5.55. The molecular weight excluding hydrogens is 334 g/mol. The monoisotopic (exact) mass is 336 g/mol. The van der Waals surface area contributed by atoms with E-state index in [9.17, 15) is 8.42 Å². The molecule has 2 nitrogen and oxygen atoms in total. The molecule has 0 heterocycles. The molecule has 0 N–H and O–H groups in total. The van der Waals surface area contributed by atoms with E-state index >= 15 is 0 Å². The molecule has 0 radical (unpaired) electrons. The molecule has 0 atom stereocenters. The molecule has 1 rings (SSSR count). The molecule has 0 unspecified atom stereocenters. The molecule has 0 fully saturated rings. The predicted molar refractivity (Wildman–Crippen MR) is 62.0 cm³/mol. The van der Waals surface area contributed by atoms with Crippen LogP contribution in [0, 0.1) is 0 Å². The summed E-state index contributed by atoms with van der Waals surface area (Å²) in [5.74, 6) is 0. The Morgan fingerprint density at radius 3 is 1.93 bits per heavy atom. The minimum absolute atomic E-state index is 0.00350. The van der Waals surface area contributed by atoms with Crippen molar-refractivity contribution in [2.75, 3.05) is 0 Å². The summed E-state index contributed by atoms with van der Waals surface area (Å²) in [7, 11) is -3.80. The summed E-state index contributed by atoms with van der Waals surface area (Å²) in [6.45, 7) is 0. The molecule has 0 saturated heterocycles. The molecule has 7 heteroatoms. The maximum Gasteiger partial charge on any atom is 0.277 e. The van der Waals surface area contributed by atoms with Crippen LogP contribution in [-0.4, -0.2) is 11.0 Å². The second-order valence-electron chi connectivity index (χ2n) is 2.40. The molecule has 0 saturated carbocycles. The Hall–Kier alpha value is 0.520. The summed E-state index contributed by atoms with van der Waals surface area (Å²) >= 11 is 19.2. The van der Waals surface area contributed by atoms with Gasteiger partial charge in [-0.25, -0.2) is 8.42 Å². The summed E-state index contributed by atoms with van der Waals surface area (Å²) in [4.78, 5) is 0.00350. The Bertz CT molecular complexity index is 421. The number of rotatable bonds is 2. The Labute approximate surface area is 105 Å². The summed E-state index contributed by atoms with van der Waals surface area (Å²) in [6.07, 6.45) is 0. The fourth-order valence-electron chi connectivity index (χ4n) is 0.747. The Balaban J connectivity index is 3.25. The van der Waals surface area contributed by atoms with E-state index in [4.69, 9.17) is 34.8 Å². The molecule has 1 aromatic rings. The van der Waals surface area contributed by atoms with Crippen molar-refractivity contribution < 1.29 is 8.42 Å². The molecule has 0 aliphatic rings. The van der Waals surface area contributed by atoms with Crippen molar-refractivity contribution in [1.29, 1.82) is 0 Å². The van der Waals surface area contributed by atoms with Crippen LogP contribution in [0.2, 0.25) is 5.02 Å². The smallest absolute Gasteiger partial charge is 0.220 e. The van der Waals surface area contributed by atoms with Crippen LogP contribution in [0.5, 0.6) is 0 Å². The van der Waals surface area contributed by atoms with Gasteiger partial charge in [-0.1, -0.05) is 34.8 Å². The largest absolute Gasteiger partial charge is 0.277 e. The Morgan fingerprint density at radius 1 is 1.14 bits per heavy atom. The highest BCUT2D eigenvalue weighted by Gasteiger charge is 2.38. The second-order valence-corrected chi connectivity index (χ2v) is 9.33. The molecule has 0 aliphatic carbocycles. The molecule has 14 heavy (non-hydrogen) atoms. The molecule has 0 aromatic heterocycles. The fraction of sp³-hybridized carbons (Fsp3) is 0.143. The average Bonchev–Trinajstić information content (AvgIpc) is 2.03. The van der Waals surface area contributed by atoms with Crippen LogP contribution in [0.15, 0.2) is 29.2 Å². The van der Waals surface area contributed by atoms with Crippen LogP contribution in [0.25, 0.3) is 0 Å². The highest BCUT2D eigenvalue weighted by atomic mass is 79.9. The zero-order valence-corrected chi connectivity index (χ0v) is 11.2. The number of halogens is 4. The quantitative estimate of drug-likeness (QED) is 0.772. The number of benzene rings is 1. The normalized spacial score (nSPS) is 12.9. The lowest BCUT2D eigenvalue weighted by Crippen LogP contribution is -2.18. The van der Waals surface area contributed by atoms with Gasteiger partial charge in [0, 0.05) is 5.02 Å². The van der Waals surface area contributed by atoms with E-state index in [1.54, 1.807) is 0 Å². The van der Waals surface area contributed by atoms with Gasteiger partial charge in [-0.15, -0.1) is 0 Å². The van der Waals surface area contributed by atoms with E-state index in [2.05, 4.69) is 15.9 Å². The van der Waals surface area contributed by atoms with E-state index in [-0.39, 0.29) is 4.90 Å². The van der Waals surface area contributed by atoms with Crippen molar-refractivity contribution >= 4 is 60.6 Å². The van der Waals surface area contributed by atoms with E-state index in [0.29, 0.717) is 5.02 Å². The number of sulfone groups is 1. The van der Waals surface area contributed by atoms with Crippen molar-refractivity contribution in [1.82, 2.24) is 0 Å². The van der Waals surface area contributed by atoms with Gasteiger partial charge < -0.3 is 0 Å². The van der Waals surface area contributed by atoms with Gasteiger partial charge in [0.1, 0.15) is 0 Å². The van der Waals surface area contributed by atoms with Crippen molar-refractivity contribution in [2.24, 2.45) is 0 Å².